The van der Waals surface area contributed by atoms with Crippen LogP contribution in [0, 0.1) is 15.9 Å². The van der Waals surface area contributed by atoms with Gasteiger partial charge in [-0.25, -0.2) is 0 Å². The van der Waals surface area contributed by atoms with Gasteiger partial charge in [0.05, 0.1) is 4.92 Å². The molecule has 1 N–H and O–H groups in total. The minimum atomic E-state index is -0.778. The van der Waals surface area contributed by atoms with Gasteiger partial charge in [-0.15, -0.1) is 0 Å². The molecule has 6 heteroatoms. The van der Waals surface area contributed by atoms with Crippen LogP contribution < -0.4 is 10.2 Å². The lowest BCUT2D eigenvalue weighted by atomic mass is 10.0. The van der Waals surface area contributed by atoms with E-state index in [0.29, 0.717) is 18.3 Å². The molecule has 1 saturated heterocycles. The SMILES string of the molecule is CC(C)N(CC1CCCCN1)c1cccc(F)c1[N+](=O)[O-]. The summed E-state index contributed by atoms with van der Waals surface area (Å²) in [5.74, 6) is -0.778. The van der Waals surface area contributed by atoms with Crippen LogP contribution in [0.5, 0.6) is 0 Å². The van der Waals surface area contributed by atoms with E-state index in [1.54, 1.807) is 6.07 Å². The second-order valence-corrected chi connectivity index (χ2v) is 5.76. The maximum Gasteiger partial charge on any atom is 0.327 e. The first-order chi connectivity index (χ1) is 10.0. The van der Waals surface area contributed by atoms with E-state index in [2.05, 4.69) is 5.32 Å². The molecule has 0 aromatic heterocycles. The Hall–Kier alpha value is -1.69. The molecule has 1 aromatic rings. The lowest BCUT2D eigenvalue weighted by molar-refractivity contribution is -0.386. The molecular formula is C15H22FN3O2. The first-order valence-corrected chi connectivity index (χ1v) is 7.43. The van der Waals surface area contributed by atoms with Gasteiger partial charge in [-0.05, 0) is 45.4 Å². The highest BCUT2D eigenvalue weighted by Gasteiger charge is 2.27. The number of benzene rings is 1. The Labute approximate surface area is 124 Å². The van der Waals surface area contributed by atoms with Crippen molar-refractivity contribution in [2.24, 2.45) is 0 Å². The summed E-state index contributed by atoms with van der Waals surface area (Å²) in [5.41, 5.74) is -0.0654. The lowest BCUT2D eigenvalue weighted by Gasteiger charge is -2.34. The van der Waals surface area contributed by atoms with Crippen molar-refractivity contribution in [2.45, 2.75) is 45.2 Å². The zero-order valence-corrected chi connectivity index (χ0v) is 12.5. The van der Waals surface area contributed by atoms with Crippen molar-refractivity contribution in [3.63, 3.8) is 0 Å². The highest BCUT2D eigenvalue weighted by molar-refractivity contribution is 5.64. The number of hydrogen-bond acceptors (Lipinski definition) is 4. The molecule has 1 atom stereocenters. The van der Waals surface area contributed by atoms with Gasteiger partial charge in [0.15, 0.2) is 0 Å². The molecule has 1 aromatic carbocycles. The molecule has 21 heavy (non-hydrogen) atoms. The van der Waals surface area contributed by atoms with Crippen LogP contribution in [0.25, 0.3) is 0 Å². The number of piperidine rings is 1. The Kier molecular flexibility index (Phi) is 5.12. The van der Waals surface area contributed by atoms with Crippen LogP contribution in [-0.4, -0.2) is 30.1 Å². The molecule has 1 unspecified atom stereocenters. The summed E-state index contributed by atoms with van der Waals surface area (Å²) in [6.45, 7) is 5.57. The minimum absolute atomic E-state index is 0.0641. The van der Waals surface area contributed by atoms with E-state index >= 15 is 0 Å². The number of nitro benzene ring substituents is 1. The highest BCUT2D eigenvalue weighted by atomic mass is 19.1. The maximum atomic E-state index is 13.8. The van der Waals surface area contributed by atoms with Crippen molar-refractivity contribution < 1.29 is 9.31 Å². The van der Waals surface area contributed by atoms with E-state index in [0.717, 1.165) is 31.9 Å². The average molecular weight is 295 g/mol. The molecule has 0 amide bonds. The lowest BCUT2D eigenvalue weighted by Crippen LogP contribution is -2.46. The topological polar surface area (TPSA) is 58.4 Å². The fraction of sp³-hybridized carbons (Fsp3) is 0.600. The largest absolute Gasteiger partial charge is 0.362 e. The van der Waals surface area contributed by atoms with Gasteiger partial charge in [0, 0.05) is 18.6 Å². The van der Waals surface area contributed by atoms with Crippen molar-refractivity contribution >= 4 is 11.4 Å². The van der Waals surface area contributed by atoms with E-state index in [9.17, 15) is 14.5 Å². The number of halogens is 1. The maximum absolute atomic E-state index is 13.8. The van der Waals surface area contributed by atoms with Gasteiger partial charge >= 0.3 is 5.69 Å². The summed E-state index contributed by atoms with van der Waals surface area (Å²) in [6, 6.07) is 4.66. The summed E-state index contributed by atoms with van der Waals surface area (Å²) in [7, 11) is 0. The number of nitrogens with zero attached hydrogens (tertiary/aromatic N) is 2. The highest BCUT2D eigenvalue weighted by Crippen LogP contribution is 2.32. The smallest absolute Gasteiger partial charge is 0.327 e. The zero-order chi connectivity index (χ0) is 15.4. The number of rotatable bonds is 5. The number of hydrogen-bond donors (Lipinski definition) is 1. The van der Waals surface area contributed by atoms with Crippen LogP contribution in [0.2, 0.25) is 0 Å². The van der Waals surface area contributed by atoms with Crippen molar-refractivity contribution in [2.75, 3.05) is 18.0 Å². The molecular weight excluding hydrogens is 273 g/mol. The Balaban J connectivity index is 2.29. The fourth-order valence-electron chi connectivity index (χ4n) is 2.82. The van der Waals surface area contributed by atoms with Crippen LogP contribution in [0.4, 0.5) is 15.8 Å². The molecule has 0 saturated carbocycles. The Morgan fingerprint density at radius 2 is 2.24 bits per heavy atom. The fourth-order valence-corrected chi connectivity index (χ4v) is 2.82. The molecule has 1 aliphatic heterocycles. The second-order valence-electron chi connectivity index (χ2n) is 5.76. The molecule has 1 fully saturated rings. The zero-order valence-electron chi connectivity index (χ0n) is 12.5. The van der Waals surface area contributed by atoms with E-state index in [1.807, 2.05) is 18.7 Å². The van der Waals surface area contributed by atoms with Gasteiger partial charge < -0.3 is 10.2 Å². The van der Waals surface area contributed by atoms with E-state index in [-0.39, 0.29) is 6.04 Å². The number of nitrogens with one attached hydrogen (secondary N) is 1. The number of anilines is 1. The predicted molar refractivity (Wildman–Crippen MR) is 81.2 cm³/mol. The van der Waals surface area contributed by atoms with Gasteiger partial charge in [-0.2, -0.15) is 4.39 Å². The summed E-state index contributed by atoms with van der Waals surface area (Å²) < 4.78 is 13.8. The molecule has 1 aliphatic rings. The van der Waals surface area contributed by atoms with Crippen LogP contribution in [0.3, 0.4) is 0 Å². The Bertz CT molecular complexity index is 502. The molecule has 2 rings (SSSR count). The van der Waals surface area contributed by atoms with Crippen LogP contribution >= 0.6 is 0 Å². The van der Waals surface area contributed by atoms with Crippen molar-refractivity contribution in [1.29, 1.82) is 0 Å². The molecule has 0 spiro atoms. The third kappa shape index (κ3) is 3.69. The first kappa shape index (κ1) is 15.7. The van der Waals surface area contributed by atoms with Crippen molar-refractivity contribution in [3.8, 4) is 0 Å². The third-order valence-corrected chi connectivity index (χ3v) is 3.91. The average Bonchev–Trinajstić information content (AvgIpc) is 2.45. The number of nitro groups is 1. The Morgan fingerprint density at radius 3 is 2.81 bits per heavy atom. The predicted octanol–water partition coefficient (Wildman–Crippen LogP) is 3.09. The van der Waals surface area contributed by atoms with Gasteiger partial charge in [0.2, 0.25) is 5.82 Å². The van der Waals surface area contributed by atoms with E-state index in [1.165, 1.54) is 6.07 Å². The van der Waals surface area contributed by atoms with Gasteiger partial charge in [0.25, 0.3) is 0 Å². The van der Waals surface area contributed by atoms with Crippen LogP contribution in [-0.2, 0) is 0 Å². The summed E-state index contributed by atoms with van der Waals surface area (Å²) in [4.78, 5) is 12.5. The molecule has 0 aliphatic carbocycles. The molecule has 1 heterocycles. The summed E-state index contributed by atoms with van der Waals surface area (Å²) >= 11 is 0. The van der Waals surface area contributed by atoms with E-state index in [4.69, 9.17) is 0 Å². The van der Waals surface area contributed by atoms with Gasteiger partial charge in [-0.3, -0.25) is 10.1 Å². The van der Waals surface area contributed by atoms with E-state index < -0.39 is 16.4 Å². The van der Waals surface area contributed by atoms with Crippen LogP contribution in [0.1, 0.15) is 33.1 Å². The molecule has 116 valence electrons. The molecule has 5 nitrogen and oxygen atoms in total. The normalized spacial score (nSPS) is 18.8. The van der Waals surface area contributed by atoms with Crippen LogP contribution in [0.15, 0.2) is 18.2 Å². The quantitative estimate of drug-likeness (QED) is 0.670. The van der Waals surface area contributed by atoms with Gasteiger partial charge in [-0.1, -0.05) is 12.5 Å². The Morgan fingerprint density at radius 1 is 1.48 bits per heavy atom. The summed E-state index contributed by atoms with van der Waals surface area (Å²) in [6.07, 6.45) is 3.37. The first-order valence-electron chi connectivity index (χ1n) is 7.43. The monoisotopic (exact) mass is 295 g/mol. The summed E-state index contributed by atoms with van der Waals surface area (Å²) in [5, 5.41) is 14.6. The molecule has 0 bridgehead atoms. The van der Waals surface area contributed by atoms with Gasteiger partial charge in [0.1, 0.15) is 5.69 Å². The second kappa shape index (κ2) is 6.85. The standard InChI is InChI=1S/C15H22FN3O2/c1-11(2)18(10-12-6-3-4-9-17-12)14-8-5-7-13(16)15(14)19(20)21/h5,7-8,11-12,17H,3-4,6,9-10H2,1-2H3. The van der Waals surface area contributed by atoms with Crippen molar-refractivity contribution in [3.05, 3.63) is 34.1 Å². The minimum Gasteiger partial charge on any atom is -0.362 e. The number of para-hydroxylation sites is 1. The third-order valence-electron chi connectivity index (χ3n) is 3.91. The van der Waals surface area contributed by atoms with Crippen molar-refractivity contribution in [1.82, 2.24) is 5.32 Å². The molecule has 0 radical (unpaired) electrons.